The van der Waals surface area contributed by atoms with Crippen LogP contribution in [-0.2, 0) is 0 Å². The van der Waals surface area contributed by atoms with Gasteiger partial charge in [-0.1, -0.05) is 19.3 Å². The minimum Gasteiger partial charge on any atom is -0.394 e. The molecule has 0 aromatic rings. The van der Waals surface area contributed by atoms with E-state index in [2.05, 4.69) is 12.6 Å². The maximum absolute atomic E-state index is 9.35. The van der Waals surface area contributed by atoms with Gasteiger partial charge in [-0.2, -0.15) is 12.6 Å². The van der Waals surface area contributed by atoms with Crippen LogP contribution in [0.5, 0.6) is 0 Å². The Morgan fingerprint density at radius 1 is 1.25 bits per heavy atom. The zero-order valence-electron chi connectivity index (χ0n) is 7.32. The first-order valence-electron chi connectivity index (χ1n) is 4.72. The predicted octanol–water partition coefficient (Wildman–Crippen LogP) is 1.22. The molecule has 0 radical (unpaired) electrons. The SMILES string of the molecule is OCC(O)C(S)C1CCCCC1. The molecule has 0 heterocycles. The average molecular weight is 190 g/mol. The van der Waals surface area contributed by atoms with E-state index in [1.807, 2.05) is 0 Å². The van der Waals surface area contributed by atoms with E-state index in [1.165, 1.54) is 19.3 Å². The second-order valence-corrected chi connectivity index (χ2v) is 4.23. The monoisotopic (exact) mass is 190 g/mol. The van der Waals surface area contributed by atoms with Crippen LogP contribution in [-0.4, -0.2) is 28.2 Å². The molecule has 1 saturated carbocycles. The number of rotatable bonds is 3. The summed E-state index contributed by atoms with van der Waals surface area (Å²) in [4.78, 5) is 0. The Morgan fingerprint density at radius 2 is 1.83 bits per heavy atom. The van der Waals surface area contributed by atoms with Gasteiger partial charge in [-0.15, -0.1) is 0 Å². The molecule has 0 aliphatic heterocycles. The quantitative estimate of drug-likeness (QED) is 0.586. The molecule has 2 unspecified atom stereocenters. The molecule has 2 nitrogen and oxygen atoms in total. The molecule has 0 amide bonds. The Labute approximate surface area is 79.4 Å². The summed E-state index contributed by atoms with van der Waals surface area (Å²) in [5, 5.41) is 18.1. The van der Waals surface area contributed by atoms with Crippen molar-refractivity contribution in [2.75, 3.05) is 6.61 Å². The van der Waals surface area contributed by atoms with Gasteiger partial charge in [0.25, 0.3) is 0 Å². The van der Waals surface area contributed by atoms with Crippen LogP contribution < -0.4 is 0 Å². The van der Waals surface area contributed by atoms with Crippen LogP contribution in [0.4, 0.5) is 0 Å². The molecule has 1 rings (SSSR count). The highest BCUT2D eigenvalue weighted by Crippen LogP contribution is 2.30. The molecule has 3 heteroatoms. The summed E-state index contributed by atoms with van der Waals surface area (Å²) in [5.74, 6) is 0.504. The first-order valence-corrected chi connectivity index (χ1v) is 5.24. The summed E-state index contributed by atoms with van der Waals surface area (Å²) in [6.45, 7) is -0.162. The Bertz CT molecular complexity index is 124. The van der Waals surface area contributed by atoms with Crippen molar-refractivity contribution in [1.29, 1.82) is 0 Å². The Balaban J connectivity index is 2.33. The number of aliphatic hydroxyl groups excluding tert-OH is 2. The van der Waals surface area contributed by atoms with Gasteiger partial charge in [0.2, 0.25) is 0 Å². The van der Waals surface area contributed by atoms with Crippen LogP contribution in [0.25, 0.3) is 0 Å². The molecule has 72 valence electrons. The highest BCUT2D eigenvalue weighted by molar-refractivity contribution is 7.81. The predicted molar refractivity (Wildman–Crippen MR) is 52.4 cm³/mol. The van der Waals surface area contributed by atoms with Crippen molar-refractivity contribution in [3.8, 4) is 0 Å². The lowest BCUT2D eigenvalue weighted by Gasteiger charge is -2.29. The smallest absolute Gasteiger partial charge is 0.0889 e. The third kappa shape index (κ3) is 2.64. The largest absolute Gasteiger partial charge is 0.394 e. The van der Waals surface area contributed by atoms with Crippen molar-refractivity contribution in [3.05, 3.63) is 0 Å². The summed E-state index contributed by atoms with van der Waals surface area (Å²) < 4.78 is 0. The van der Waals surface area contributed by atoms with Crippen molar-refractivity contribution in [1.82, 2.24) is 0 Å². The van der Waals surface area contributed by atoms with E-state index in [4.69, 9.17) is 5.11 Å². The van der Waals surface area contributed by atoms with Crippen molar-refractivity contribution in [2.45, 2.75) is 43.5 Å². The fraction of sp³-hybridized carbons (Fsp3) is 1.00. The molecule has 12 heavy (non-hydrogen) atoms. The van der Waals surface area contributed by atoms with E-state index < -0.39 is 6.10 Å². The normalized spacial score (nSPS) is 25.2. The molecule has 2 N–H and O–H groups in total. The van der Waals surface area contributed by atoms with Gasteiger partial charge in [-0.3, -0.25) is 0 Å². The van der Waals surface area contributed by atoms with E-state index in [0.717, 1.165) is 12.8 Å². The Kier molecular flexibility index (Phi) is 4.40. The van der Waals surface area contributed by atoms with Gasteiger partial charge in [0.15, 0.2) is 0 Å². The average Bonchev–Trinajstić information content (AvgIpc) is 2.17. The highest BCUT2D eigenvalue weighted by Gasteiger charge is 2.25. The van der Waals surface area contributed by atoms with Gasteiger partial charge in [0, 0.05) is 5.25 Å². The van der Waals surface area contributed by atoms with E-state index in [-0.39, 0.29) is 11.9 Å². The van der Waals surface area contributed by atoms with Crippen LogP contribution >= 0.6 is 12.6 Å². The molecular formula is C9H18O2S. The lowest BCUT2D eigenvalue weighted by Crippen LogP contribution is -2.32. The number of hydrogen-bond donors (Lipinski definition) is 3. The summed E-state index contributed by atoms with van der Waals surface area (Å²) in [6, 6.07) is 0. The van der Waals surface area contributed by atoms with E-state index in [1.54, 1.807) is 0 Å². The van der Waals surface area contributed by atoms with E-state index in [9.17, 15) is 5.11 Å². The maximum atomic E-state index is 9.35. The zero-order chi connectivity index (χ0) is 8.97. The standard InChI is InChI=1S/C9H18O2S/c10-6-8(11)9(12)7-4-2-1-3-5-7/h7-12H,1-6H2. The molecular weight excluding hydrogens is 172 g/mol. The summed E-state index contributed by atoms with van der Waals surface area (Å²) in [7, 11) is 0. The molecule has 0 aromatic heterocycles. The fourth-order valence-corrected chi connectivity index (χ4v) is 2.29. The molecule has 1 fully saturated rings. The molecule has 1 aliphatic carbocycles. The highest BCUT2D eigenvalue weighted by atomic mass is 32.1. The molecule has 0 saturated heterocycles. The fourth-order valence-electron chi connectivity index (χ4n) is 1.90. The minimum absolute atomic E-state index is 0.0321. The number of hydrogen-bond acceptors (Lipinski definition) is 3. The van der Waals surface area contributed by atoms with Gasteiger partial charge in [0.05, 0.1) is 12.7 Å². The summed E-state index contributed by atoms with van der Waals surface area (Å²) in [5.41, 5.74) is 0. The van der Waals surface area contributed by atoms with Gasteiger partial charge < -0.3 is 10.2 Å². The molecule has 0 spiro atoms. The van der Waals surface area contributed by atoms with Gasteiger partial charge in [-0.05, 0) is 18.8 Å². The second-order valence-electron chi connectivity index (χ2n) is 3.64. The van der Waals surface area contributed by atoms with Crippen LogP contribution in [0.1, 0.15) is 32.1 Å². The second kappa shape index (κ2) is 5.10. The van der Waals surface area contributed by atoms with Crippen LogP contribution in [0.15, 0.2) is 0 Å². The van der Waals surface area contributed by atoms with Crippen molar-refractivity contribution < 1.29 is 10.2 Å². The third-order valence-electron chi connectivity index (χ3n) is 2.71. The number of thiol groups is 1. The molecule has 0 bridgehead atoms. The summed E-state index contributed by atoms with van der Waals surface area (Å²) >= 11 is 4.34. The minimum atomic E-state index is -0.642. The zero-order valence-corrected chi connectivity index (χ0v) is 8.21. The molecule has 2 atom stereocenters. The molecule has 1 aliphatic rings. The van der Waals surface area contributed by atoms with Crippen LogP contribution in [0.2, 0.25) is 0 Å². The number of aliphatic hydroxyl groups is 2. The van der Waals surface area contributed by atoms with Crippen LogP contribution in [0.3, 0.4) is 0 Å². The Morgan fingerprint density at radius 3 is 2.33 bits per heavy atom. The summed E-state index contributed by atoms with van der Waals surface area (Å²) in [6.07, 6.45) is 5.49. The van der Waals surface area contributed by atoms with E-state index in [0.29, 0.717) is 5.92 Å². The van der Waals surface area contributed by atoms with Crippen LogP contribution in [0, 0.1) is 5.92 Å². The lowest BCUT2D eigenvalue weighted by molar-refractivity contribution is 0.0747. The van der Waals surface area contributed by atoms with Crippen molar-refractivity contribution in [2.24, 2.45) is 5.92 Å². The van der Waals surface area contributed by atoms with Gasteiger partial charge in [0.1, 0.15) is 0 Å². The van der Waals surface area contributed by atoms with E-state index >= 15 is 0 Å². The Hall–Kier alpha value is 0.270. The van der Waals surface area contributed by atoms with Gasteiger partial charge >= 0.3 is 0 Å². The van der Waals surface area contributed by atoms with Gasteiger partial charge in [-0.25, -0.2) is 0 Å². The lowest BCUT2D eigenvalue weighted by atomic mass is 9.85. The topological polar surface area (TPSA) is 40.5 Å². The van der Waals surface area contributed by atoms with Crippen molar-refractivity contribution in [3.63, 3.8) is 0 Å². The first-order chi connectivity index (χ1) is 5.75. The first kappa shape index (κ1) is 10.4. The molecule has 0 aromatic carbocycles. The third-order valence-corrected chi connectivity index (χ3v) is 3.48. The maximum Gasteiger partial charge on any atom is 0.0889 e. The van der Waals surface area contributed by atoms with Crippen molar-refractivity contribution >= 4 is 12.6 Å².